The maximum Gasteiger partial charge on any atom is 0.227 e. The van der Waals surface area contributed by atoms with Gasteiger partial charge in [-0.15, -0.1) is 0 Å². The molecule has 1 aromatic carbocycles. The molecule has 2 N–H and O–H groups in total. The molecule has 3 rings (SSSR count). The quantitative estimate of drug-likeness (QED) is 0.608. The Hall–Kier alpha value is -1.44. The number of sulfone groups is 1. The predicted molar refractivity (Wildman–Crippen MR) is 129 cm³/mol. The van der Waals surface area contributed by atoms with Crippen LogP contribution in [0.4, 0.5) is 0 Å². The zero-order valence-corrected chi connectivity index (χ0v) is 20.7. The Morgan fingerprint density at radius 1 is 1.09 bits per heavy atom. The smallest absolute Gasteiger partial charge is 0.227 e. The molecular weight excluding hydrogens is 422 g/mol. The first kappa shape index (κ1) is 25.2. The molecule has 0 spiro atoms. The highest BCUT2D eigenvalue weighted by atomic mass is 32.2. The van der Waals surface area contributed by atoms with Crippen molar-refractivity contribution in [2.24, 2.45) is 11.7 Å². The third kappa shape index (κ3) is 7.03. The second-order valence-corrected chi connectivity index (χ2v) is 11.7. The van der Waals surface area contributed by atoms with Gasteiger partial charge in [-0.3, -0.25) is 4.79 Å². The van der Waals surface area contributed by atoms with E-state index < -0.39 is 9.84 Å². The summed E-state index contributed by atoms with van der Waals surface area (Å²) in [5, 5.41) is 0. The van der Waals surface area contributed by atoms with Crippen LogP contribution in [0.2, 0.25) is 0 Å². The minimum atomic E-state index is -3.22. The molecule has 6 nitrogen and oxygen atoms in total. The summed E-state index contributed by atoms with van der Waals surface area (Å²) in [6, 6.07) is 7.29. The van der Waals surface area contributed by atoms with Crippen LogP contribution in [-0.2, 0) is 21.1 Å². The van der Waals surface area contributed by atoms with E-state index in [1.165, 1.54) is 38.4 Å². The summed E-state index contributed by atoms with van der Waals surface area (Å²) >= 11 is 0. The number of benzene rings is 1. The number of likely N-dealkylation sites (N-methyl/N-ethyl adjacent to an activating group) is 1. The van der Waals surface area contributed by atoms with Gasteiger partial charge in [0.1, 0.15) is 0 Å². The standard InChI is InChI=1S/C25H41N3O3S/c1-3-28(25(29)19-20-9-11-23(12-10-20)32(2,30)31)22-13-16-27(17-14-22)18-15-24(26)21-7-5-4-6-8-21/h9-12,21-22,24H,3-8,13-19,26H2,1-2H3. The largest absolute Gasteiger partial charge is 0.340 e. The molecule has 1 saturated heterocycles. The molecule has 1 aliphatic heterocycles. The number of nitrogens with zero attached hydrogens (tertiary/aromatic N) is 2. The molecule has 1 heterocycles. The van der Waals surface area contributed by atoms with Gasteiger partial charge in [0.15, 0.2) is 9.84 Å². The van der Waals surface area contributed by atoms with Gasteiger partial charge in [0.05, 0.1) is 11.3 Å². The first-order chi connectivity index (χ1) is 15.3. The number of rotatable bonds is 9. The summed E-state index contributed by atoms with van der Waals surface area (Å²) in [5.74, 6) is 0.832. The van der Waals surface area contributed by atoms with Gasteiger partial charge in [-0.05, 0) is 69.2 Å². The van der Waals surface area contributed by atoms with E-state index in [2.05, 4.69) is 4.90 Å². The van der Waals surface area contributed by atoms with E-state index in [-0.39, 0.29) is 16.8 Å². The van der Waals surface area contributed by atoms with E-state index in [0.29, 0.717) is 24.9 Å². The summed E-state index contributed by atoms with van der Waals surface area (Å²) in [5.41, 5.74) is 7.35. The minimum Gasteiger partial charge on any atom is -0.340 e. The lowest BCUT2D eigenvalue weighted by Gasteiger charge is -2.39. The molecule has 2 aliphatic rings. The highest BCUT2D eigenvalue weighted by molar-refractivity contribution is 7.90. The van der Waals surface area contributed by atoms with E-state index in [0.717, 1.165) is 44.5 Å². The fraction of sp³-hybridized carbons (Fsp3) is 0.720. The Kier molecular flexibility index (Phi) is 9.14. The summed E-state index contributed by atoms with van der Waals surface area (Å²) in [7, 11) is -3.22. The predicted octanol–water partition coefficient (Wildman–Crippen LogP) is 3.24. The number of carbonyl (C=O) groups excluding carboxylic acids is 1. The molecule has 0 bridgehead atoms. The van der Waals surface area contributed by atoms with Crippen molar-refractivity contribution in [1.29, 1.82) is 0 Å². The molecule has 1 saturated carbocycles. The first-order valence-electron chi connectivity index (χ1n) is 12.3. The van der Waals surface area contributed by atoms with Crippen LogP contribution in [0, 0.1) is 5.92 Å². The molecule has 180 valence electrons. The molecule has 1 aliphatic carbocycles. The topological polar surface area (TPSA) is 83.7 Å². The number of hydrogen-bond acceptors (Lipinski definition) is 5. The number of amides is 1. The van der Waals surface area contributed by atoms with Crippen LogP contribution < -0.4 is 5.73 Å². The van der Waals surface area contributed by atoms with Crippen LogP contribution in [0.3, 0.4) is 0 Å². The monoisotopic (exact) mass is 463 g/mol. The third-order valence-corrected chi connectivity index (χ3v) is 8.53. The molecule has 1 aromatic rings. The Balaban J connectivity index is 1.45. The van der Waals surface area contributed by atoms with Crippen molar-refractivity contribution in [1.82, 2.24) is 9.80 Å². The lowest BCUT2D eigenvalue weighted by atomic mass is 9.83. The van der Waals surface area contributed by atoms with Gasteiger partial charge >= 0.3 is 0 Å². The molecule has 7 heteroatoms. The molecule has 0 aromatic heterocycles. The number of hydrogen-bond donors (Lipinski definition) is 1. The molecular formula is C25H41N3O3S. The van der Waals surface area contributed by atoms with Gasteiger partial charge < -0.3 is 15.5 Å². The van der Waals surface area contributed by atoms with E-state index in [1.807, 2.05) is 11.8 Å². The zero-order valence-electron chi connectivity index (χ0n) is 19.8. The van der Waals surface area contributed by atoms with E-state index in [1.54, 1.807) is 24.3 Å². The Morgan fingerprint density at radius 3 is 2.28 bits per heavy atom. The minimum absolute atomic E-state index is 0.123. The van der Waals surface area contributed by atoms with Crippen molar-refractivity contribution in [2.45, 2.75) is 81.7 Å². The number of likely N-dealkylation sites (tertiary alicyclic amines) is 1. The third-order valence-electron chi connectivity index (χ3n) is 7.40. The maximum atomic E-state index is 13.0. The van der Waals surface area contributed by atoms with Crippen molar-refractivity contribution in [3.05, 3.63) is 29.8 Å². The molecule has 1 atom stereocenters. The summed E-state index contributed by atoms with van der Waals surface area (Å²) in [4.78, 5) is 17.8. The van der Waals surface area contributed by atoms with Crippen LogP contribution in [0.25, 0.3) is 0 Å². The number of nitrogens with two attached hydrogens (primary N) is 1. The van der Waals surface area contributed by atoms with Crippen LogP contribution in [0.15, 0.2) is 29.2 Å². The average Bonchev–Trinajstić information content (AvgIpc) is 2.79. The fourth-order valence-electron chi connectivity index (χ4n) is 5.35. The van der Waals surface area contributed by atoms with Gasteiger partial charge in [-0.1, -0.05) is 31.4 Å². The molecule has 1 unspecified atom stereocenters. The highest BCUT2D eigenvalue weighted by Crippen LogP contribution is 2.27. The van der Waals surface area contributed by atoms with Gasteiger partial charge in [0, 0.05) is 38.0 Å². The van der Waals surface area contributed by atoms with Gasteiger partial charge in [0.2, 0.25) is 5.91 Å². The Labute approximate surface area is 194 Å². The van der Waals surface area contributed by atoms with E-state index >= 15 is 0 Å². The summed E-state index contributed by atoms with van der Waals surface area (Å²) in [6.07, 6.45) is 11.2. The average molecular weight is 464 g/mol. The molecule has 32 heavy (non-hydrogen) atoms. The van der Waals surface area contributed by atoms with Crippen LogP contribution in [0.1, 0.15) is 63.9 Å². The lowest BCUT2D eigenvalue weighted by Crippen LogP contribution is -2.48. The first-order valence-corrected chi connectivity index (χ1v) is 14.2. The zero-order chi connectivity index (χ0) is 23.1. The number of carbonyl (C=O) groups is 1. The van der Waals surface area contributed by atoms with Crippen molar-refractivity contribution in [2.75, 3.05) is 32.4 Å². The molecule has 0 radical (unpaired) electrons. The summed E-state index contributed by atoms with van der Waals surface area (Å²) < 4.78 is 23.3. The van der Waals surface area contributed by atoms with Crippen LogP contribution in [-0.4, -0.2) is 68.6 Å². The maximum absolute atomic E-state index is 13.0. The van der Waals surface area contributed by atoms with E-state index in [4.69, 9.17) is 5.73 Å². The second-order valence-electron chi connectivity index (χ2n) is 9.70. The van der Waals surface area contributed by atoms with Crippen molar-refractivity contribution in [3.8, 4) is 0 Å². The van der Waals surface area contributed by atoms with Crippen LogP contribution >= 0.6 is 0 Å². The van der Waals surface area contributed by atoms with Gasteiger partial charge in [-0.25, -0.2) is 8.42 Å². The molecule has 1 amide bonds. The molecule has 2 fully saturated rings. The van der Waals surface area contributed by atoms with Crippen molar-refractivity contribution >= 4 is 15.7 Å². The Morgan fingerprint density at radius 2 is 1.72 bits per heavy atom. The fourth-order valence-corrected chi connectivity index (χ4v) is 5.98. The Bertz CT molecular complexity index is 826. The second kappa shape index (κ2) is 11.6. The van der Waals surface area contributed by atoms with Gasteiger partial charge in [-0.2, -0.15) is 0 Å². The van der Waals surface area contributed by atoms with Crippen LogP contribution in [0.5, 0.6) is 0 Å². The van der Waals surface area contributed by atoms with E-state index in [9.17, 15) is 13.2 Å². The van der Waals surface area contributed by atoms with Gasteiger partial charge in [0.25, 0.3) is 0 Å². The summed E-state index contributed by atoms with van der Waals surface area (Å²) in [6.45, 7) is 5.86. The van der Waals surface area contributed by atoms with Crippen molar-refractivity contribution < 1.29 is 13.2 Å². The van der Waals surface area contributed by atoms with Crippen molar-refractivity contribution in [3.63, 3.8) is 0 Å². The highest BCUT2D eigenvalue weighted by Gasteiger charge is 2.28. The lowest BCUT2D eigenvalue weighted by molar-refractivity contribution is -0.133. The number of piperidine rings is 1. The SMILES string of the molecule is CCN(C(=O)Cc1ccc(S(C)(=O)=O)cc1)C1CCN(CCC(N)C2CCCCC2)CC1. The normalized spacial score (nSPS) is 20.2.